The number of fused-ring (bicyclic) bond motifs is 1. The highest BCUT2D eigenvalue weighted by molar-refractivity contribution is 5.96. The van der Waals surface area contributed by atoms with Crippen LogP contribution in [-0.2, 0) is 0 Å². The van der Waals surface area contributed by atoms with E-state index in [9.17, 15) is 4.79 Å². The number of piperazine rings is 1. The number of carbonyl (C=O) groups excluding carboxylic acids is 1. The zero-order chi connectivity index (χ0) is 13.2. The molecule has 3 rings (SSSR count). The van der Waals surface area contributed by atoms with E-state index in [0.717, 1.165) is 19.6 Å². The first-order valence-corrected chi connectivity index (χ1v) is 6.82. The average molecular weight is 255 g/mol. The number of hydrogen-bond acceptors (Lipinski definition) is 3. The van der Waals surface area contributed by atoms with Crippen LogP contribution in [-0.4, -0.2) is 47.9 Å². The fourth-order valence-electron chi connectivity index (χ4n) is 3.11. The SMILES string of the molecule is N#Cc1ccccc1C(=O)N1CCN2CCCC2C1. The van der Waals surface area contributed by atoms with Crippen LogP contribution in [0.5, 0.6) is 0 Å². The standard InChI is InChI=1S/C15H17N3O/c16-10-12-4-1-2-6-14(12)15(19)18-9-8-17-7-3-5-13(17)11-18/h1-2,4,6,13H,3,5,7-9,11H2. The second-order valence-corrected chi connectivity index (χ2v) is 5.24. The Morgan fingerprint density at radius 3 is 2.95 bits per heavy atom. The first-order valence-electron chi connectivity index (χ1n) is 6.82. The Hall–Kier alpha value is -1.86. The van der Waals surface area contributed by atoms with Crippen molar-refractivity contribution in [2.24, 2.45) is 0 Å². The molecule has 98 valence electrons. The van der Waals surface area contributed by atoms with Gasteiger partial charge in [-0.2, -0.15) is 5.26 Å². The maximum absolute atomic E-state index is 12.5. The number of nitrogens with zero attached hydrogens (tertiary/aromatic N) is 3. The van der Waals surface area contributed by atoms with Crippen molar-refractivity contribution < 1.29 is 4.79 Å². The molecule has 2 aliphatic rings. The molecule has 2 heterocycles. The van der Waals surface area contributed by atoms with Crippen molar-refractivity contribution in [3.63, 3.8) is 0 Å². The minimum absolute atomic E-state index is 0.00343. The zero-order valence-corrected chi connectivity index (χ0v) is 10.9. The van der Waals surface area contributed by atoms with E-state index < -0.39 is 0 Å². The number of hydrogen-bond donors (Lipinski definition) is 0. The zero-order valence-electron chi connectivity index (χ0n) is 10.9. The van der Waals surface area contributed by atoms with Crippen LogP contribution in [0.15, 0.2) is 24.3 Å². The molecule has 1 aromatic carbocycles. The number of amides is 1. The minimum Gasteiger partial charge on any atom is -0.336 e. The van der Waals surface area contributed by atoms with Gasteiger partial charge in [0, 0.05) is 25.7 Å². The van der Waals surface area contributed by atoms with Gasteiger partial charge in [-0.3, -0.25) is 9.69 Å². The van der Waals surface area contributed by atoms with Crippen molar-refractivity contribution in [2.45, 2.75) is 18.9 Å². The van der Waals surface area contributed by atoms with Gasteiger partial charge in [0.15, 0.2) is 0 Å². The van der Waals surface area contributed by atoms with Crippen molar-refractivity contribution >= 4 is 5.91 Å². The summed E-state index contributed by atoms with van der Waals surface area (Å²) in [7, 11) is 0. The molecule has 0 N–H and O–H groups in total. The monoisotopic (exact) mass is 255 g/mol. The Morgan fingerprint density at radius 2 is 2.11 bits per heavy atom. The Morgan fingerprint density at radius 1 is 1.26 bits per heavy atom. The lowest BCUT2D eigenvalue weighted by Gasteiger charge is -2.37. The second-order valence-electron chi connectivity index (χ2n) is 5.24. The molecule has 4 nitrogen and oxygen atoms in total. The second kappa shape index (κ2) is 5.02. The largest absolute Gasteiger partial charge is 0.336 e. The normalized spacial score (nSPS) is 22.9. The highest BCUT2D eigenvalue weighted by Gasteiger charge is 2.33. The van der Waals surface area contributed by atoms with Gasteiger partial charge in [0.1, 0.15) is 0 Å². The highest BCUT2D eigenvalue weighted by Crippen LogP contribution is 2.23. The lowest BCUT2D eigenvalue weighted by Crippen LogP contribution is -2.52. The van der Waals surface area contributed by atoms with Crippen LogP contribution in [0.1, 0.15) is 28.8 Å². The number of rotatable bonds is 1. The first-order chi connectivity index (χ1) is 9.29. The van der Waals surface area contributed by atoms with E-state index in [1.807, 2.05) is 11.0 Å². The molecule has 1 atom stereocenters. The van der Waals surface area contributed by atoms with Crippen LogP contribution >= 0.6 is 0 Å². The summed E-state index contributed by atoms with van der Waals surface area (Å²) in [4.78, 5) is 16.9. The van der Waals surface area contributed by atoms with E-state index in [-0.39, 0.29) is 5.91 Å². The summed E-state index contributed by atoms with van der Waals surface area (Å²) in [5.41, 5.74) is 1.01. The summed E-state index contributed by atoms with van der Waals surface area (Å²) in [6.07, 6.45) is 2.42. The van der Waals surface area contributed by atoms with E-state index in [0.29, 0.717) is 17.2 Å². The highest BCUT2D eigenvalue weighted by atomic mass is 16.2. The summed E-state index contributed by atoms with van der Waals surface area (Å²) in [6.45, 7) is 3.71. The average Bonchev–Trinajstić information content (AvgIpc) is 2.93. The van der Waals surface area contributed by atoms with Gasteiger partial charge in [-0.15, -0.1) is 0 Å². The van der Waals surface area contributed by atoms with Crippen LogP contribution in [0.4, 0.5) is 0 Å². The van der Waals surface area contributed by atoms with Crippen LogP contribution in [0, 0.1) is 11.3 Å². The van der Waals surface area contributed by atoms with Crippen LogP contribution in [0.2, 0.25) is 0 Å². The van der Waals surface area contributed by atoms with Gasteiger partial charge in [0.05, 0.1) is 17.2 Å². The van der Waals surface area contributed by atoms with Crippen molar-refractivity contribution in [2.75, 3.05) is 26.2 Å². The smallest absolute Gasteiger partial charge is 0.255 e. The Bertz CT molecular complexity index is 534. The third-order valence-corrected chi connectivity index (χ3v) is 4.15. The number of carbonyl (C=O) groups is 1. The van der Waals surface area contributed by atoms with Crippen molar-refractivity contribution in [1.82, 2.24) is 9.80 Å². The van der Waals surface area contributed by atoms with Crippen molar-refractivity contribution in [3.8, 4) is 6.07 Å². The van der Waals surface area contributed by atoms with Gasteiger partial charge < -0.3 is 4.90 Å². The molecule has 2 saturated heterocycles. The first kappa shape index (κ1) is 12.2. The minimum atomic E-state index is 0.00343. The van der Waals surface area contributed by atoms with E-state index in [1.165, 1.54) is 19.4 Å². The van der Waals surface area contributed by atoms with Gasteiger partial charge in [-0.25, -0.2) is 0 Å². The lowest BCUT2D eigenvalue weighted by molar-refractivity contribution is 0.0571. The van der Waals surface area contributed by atoms with E-state index in [1.54, 1.807) is 18.2 Å². The van der Waals surface area contributed by atoms with Crippen molar-refractivity contribution in [1.29, 1.82) is 5.26 Å². The van der Waals surface area contributed by atoms with E-state index in [4.69, 9.17) is 5.26 Å². The predicted octanol–water partition coefficient (Wildman–Crippen LogP) is 1.48. The molecule has 0 spiro atoms. The summed E-state index contributed by atoms with van der Waals surface area (Å²) >= 11 is 0. The van der Waals surface area contributed by atoms with Gasteiger partial charge in [0.2, 0.25) is 0 Å². The molecule has 1 amide bonds. The Labute approximate surface area is 113 Å². The molecule has 1 aromatic rings. The quantitative estimate of drug-likeness (QED) is 0.763. The maximum Gasteiger partial charge on any atom is 0.255 e. The molecular weight excluding hydrogens is 238 g/mol. The molecule has 1 unspecified atom stereocenters. The van der Waals surface area contributed by atoms with Crippen LogP contribution in [0.3, 0.4) is 0 Å². The molecule has 0 saturated carbocycles. The molecule has 0 bridgehead atoms. The molecule has 19 heavy (non-hydrogen) atoms. The molecule has 2 fully saturated rings. The lowest BCUT2D eigenvalue weighted by atomic mass is 10.1. The predicted molar refractivity (Wildman–Crippen MR) is 71.7 cm³/mol. The number of nitriles is 1. The topological polar surface area (TPSA) is 47.3 Å². The Balaban J connectivity index is 1.79. The van der Waals surface area contributed by atoms with Gasteiger partial charge in [0.25, 0.3) is 5.91 Å². The van der Waals surface area contributed by atoms with Crippen molar-refractivity contribution in [3.05, 3.63) is 35.4 Å². The fourth-order valence-corrected chi connectivity index (χ4v) is 3.11. The summed E-state index contributed by atoms with van der Waals surface area (Å²) in [6, 6.07) is 9.70. The molecular formula is C15H17N3O. The summed E-state index contributed by atoms with van der Waals surface area (Å²) in [5.74, 6) is 0.00343. The Kier molecular flexibility index (Phi) is 3.22. The summed E-state index contributed by atoms with van der Waals surface area (Å²) in [5, 5.41) is 9.09. The third kappa shape index (κ3) is 2.22. The van der Waals surface area contributed by atoms with Gasteiger partial charge in [-0.1, -0.05) is 12.1 Å². The fraction of sp³-hybridized carbons (Fsp3) is 0.467. The molecule has 2 aliphatic heterocycles. The third-order valence-electron chi connectivity index (χ3n) is 4.15. The van der Waals surface area contributed by atoms with Gasteiger partial charge >= 0.3 is 0 Å². The van der Waals surface area contributed by atoms with E-state index in [2.05, 4.69) is 11.0 Å². The molecule has 0 aliphatic carbocycles. The summed E-state index contributed by atoms with van der Waals surface area (Å²) < 4.78 is 0. The maximum atomic E-state index is 12.5. The van der Waals surface area contributed by atoms with E-state index >= 15 is 0 Å². The molecule has 0 radical (unpaired) electrons. The van der Waals surface area contributed by atoms with Crippen LogP contribution in [0.25, 0.3) is 0 Å². The molecule has 4 heteroatoms. The number of benzene rings is 1. The van der Waals surface area contributed by atoms with Gasteiger partial charge in [-0.05, 0) is 31.5 Å². The molecule has 0 aromatic heterocycles. The van der Waals surface area contributed by atoms with Crippen LogP contribution < -0.4 is 0 Å².